The van der Waals surface area contributed by atoms with E-state index in [1.165, 1.54) is 45.2 Å². The van der Waals surface area contributed by atoms with Crippen LogP contribution in [0.1, 0.15) is 51.3 Å². The minimum Gasteiger partial charge on any atom is -0.312 e. The third-order valence-electron chi connectivity index (χ3n) is 4.61. The van der Waals surface area contributed by atoms with E-state index < -0.39 is 0 Å². The number of aromatic nitrogens is 4. The Bertz CT molecular complexity index is 412. The fraction of sp³-hybridized carbons (Fsp3) is 0.929. The molecule has 2 atom stereocenters. The number of hydrogen-bond donors (Lipinski definition) is 1. The largest absolute Gasteiger partial charge is 0.312 e. The fourth-order valence-corrected chi connectivity index (χ4v) is 3.61. The van der Waals surface area contributed by atoms with Gasteiger partial charge in [0.05, 0.1) is 6.54 Å². The second kappa shape index (κ2) is 6.63. The molecule has 3 heterocycles. The van der Waals surface area contributed by atoms with E-state index in [0.29, 0.717) is 12.1 Å². The topological polar surface area (TPSA) is 58.9 Å². The van der Waals surface area contributed by atoms with Gasteiger partial charge in [0.1, 0.15) is 0 Å². The Morgan fingerprint density at radius 1 is 1.25 bits per heavy atom. The van der Waals surface area contributed by atoms with Crippen LogP contribution in [0.5, 0.6) is 0 Å². The second-order valence-corrected chi connectivity index (χ2v) is 6.05. The van der Waals surface area contributed by atoms with Crippen LogP contribution in [0, 0.1) is 0 Å². The third kappa shape index (κ3) is 3.01. The van der Waals surface area contributed by atoms with E-state index >= 15 is 0 Å². The van der Waals surface area contributed by atoms with Crippen molar-refractivity contribution >= 4 is 0 Å². The van der Waals surface area contributed by atoms with Crippen molar-refractivity contribution < 1.29 is 0 Å². The summed E-state index contributed by atoms with van der Waals surface area (Å²) in [7, 11) is 0. The summed E-state index contributed by atoms with van der Waals surface area (Å²) in [6.07, 6.45) is 7.69. The van der Waals surface area contributed by atoms with Crippen molar-refractivity contribution in [2.45, 2.75) is 70.6 Å². The van der Waals surface area contributed by atoms with Crippen molar-refractivity contribution in [1.82, 2.24) is 30.4 Å². The summed E-state index contributed by atoms with van der Waals surface area (Å²) in [4.78, 5) is 2.60. The van der Waals surface area contributed by atoms with Crippen LogP contribution in [0.15, 0.2) is 0 Å². The van der Waals surface area contributed by atoms with Crippen molar-refractivity contribution in [3.63, 3.8) is 0 Å². The van der Waals surface area contributed by atoms with Crippen LogP contribution >= 0.6 is 0 Å². The lowest BCUT2D eigenvalue weighted by Crippen LogP contribution is -2.50. The molecule has 6 heteroatoms. The van der Waals surface area contributed by atoms with Crippen molar-refractivity contribution in [2.75, 3.05) is 13.1 Å². The molecule has 2 aliphatic rings. The molecule has 0 aromatic carbocycles. The minimum absolute atomic E-state index is 0.665. The van der Waals surface area contributed by atoms with Gasteiger partial charge in [0.25, 0.3) is 0 Å². The number of nitrogens with one attached hydrogen (secondary N) is 1. The Morgan fingerprint density at radius 2 is 2.20 bits per heavy atom. The van der Waals surface area contributed by atoms with Gasteiger partial charge in [-0.05, 0) is 55.6 Å². The monoisotopic (exact) mass is 278 g/mol. The molecule has 1 N–H and O–H groups in total. The lowest BCUT2D eigenvalue weighted by atomic mass is 9.94. The molecule has 20 heavy (non-hydrogen) atoms. The molecule has 0 saturated carbocycles. The van der Waals surface area contributed by atoms with Crippen LogP contribution < -0.4 is 5.32 Å². The molecule has 3 rings (SSSR count). The molecule has 2 unspecified atom stereocenters. The van der Waals surface area contributed by atoms with Gasteiger partial charge in [0.15, 0.2) is 5.82 Å². The van der Waals surface area contributed by atoms with Gasteiger partial charge in [-0.2, -0.15) is 0 Å². The maximum atomic E-state index is 4.23. The number of likely N-dealkylation sites (tertiary alicyclic amines) is 1. The molecule has 1 aromatic heterocycles. The van der Waals surface area contributed by atoms with Crippen LogP contribution in [-0.2, 0) is 13.1 Å². The van der Waals surface area contributed by atoms with E-state index in [4.69, 9.17) is 0 Å². The number of hydrogen-bond acceptors (Lipinski definition) is 5. The Balaban J connectivity index is 1.68. The highest BCUT2D eigenvalue weighted by Gasteiger charge is 2.32. The molecule has 2 saturated heterocycles. The maximum Gasteiger partial charge on any atom is 0.165 e. The molecule has 0 bridgehead atoms. The summed E-state index contributed by atoms with van der Waals surface area (Å²) >= 11 is 0. The lowest BCUT2D eigenvalue weighted by Gasteiger charge is -2.38. The van der Waals surface area contributed by atoms with Gasteiger partial charge in [-0.1, -0.05) is 13.3 Å². The van der Waals surface area contributed by atoms with E-state index in [-0.39, 0.29) is 0 Å². The zero-order chi connectivity index (χ0) is 13.8. The van der Waals surface area contributed by atoms with Crippen LogP contribution in [-0.4, -0.2) is 50.3 Å². The van der Waals surface area contributed by atoms with Crippen molar-refractivity contribution in [1.29, 1.82) is 0 Å². The van der Waals surface area contributed by atoms with E-state index in [2.05, 4.69) is 32.7 Å². The highest BCUT2D eigenvalue weighted by atomic mass is 15.5. The maximum absolute atomic E-state index is 4.23. The van der Waals surface area contributed by atoms with Gasteiger partial charge in [-0.3, -0.25) is 4.90 Å². The summed E-state index contributed by atoms with van der Waals surface area (Å²) < 4.78 is 1.97. The number of tetrazole rings is 1. The lowest BCUT2D eigenvalue weighted by molar-refractivity contribution is 0.107. The first-order valence-electron chi connectivity index (χ1n) is 8.11. The van der Waals surface area contributed by atoms with Crippen LogP contribution in [0.25, 0.3) is 0 Å². The first-order chi connectivity index (χ1) is 9.88. The predicted octanol–water partition coefficient (Wildman–Crippen LogP) is 1.19. The Labute approximate surface area is 120 Å². The first-order valence-corrected chi connectivity index (χ1v) is 8.11. The predicted molar refractivity (Wildman–Crippen MR) is 77.2 cm³/mol. The van der Waals surface area contributed by atoms with Gasteiger partial charge in [0.2, 0.25) is 0 Å². The SMILES string of the molecule is CCCn1nnnc1CN1CCCCC1C1CCCN1. The Hall–Kier alpha value is -1.01. The third-order valence-corrected chi connectivity index (χ3v) is 4.61. The number of piperidine rings is 1. The number of aryl methyl sites for hydroxylation is 1. The van der Waals surface area contributed by atoms with Crippen molar-refractivity contribution in [3.05, 3.63) is 5.82 Å². The van der Waals surface area contributed by atoms with Gasteiger partial charge in [0, 0.05) is 18.6 Å². The van der Waals surface area contributed by atoms with E-state index in [9.17, 15) is 0 Å². The van der Waals surface area contributed by atoms with Gasteiger partial charge < -0.3 is 5.32 Å². The molecule has 112 valence electrons. The number of nitrogens with zero attached hydrogens (tertiary/aromatic N) is 5. The summed E-state index contributed by atoms with van der Waals surface area (Å²) in [6.45, 7) is 6.35. The smallest absolute Gasteiger partial charge is 0.165 e. The zero-order valence-electron chi connectivity index (χ0n) is 12.5. The standard InChI is InChI=1S/C14H26N6/c1-2-9-20-14(16-17-18-20)11-19-10-4-3-7-13(19)12-6-5-8-15-12/h12-13,15H,2-11H2,1H3. The first kappa shape index (κ1) is 13.9. The van der Waals surface area contributed by atoms with E-state index in [0.717, 1.165) is 25.3 Å². The highest BCUT2D eigenvalue weighted by Crippen LogP contribution is 2.25. The van der Waals surface area contributed by atoms with Crippen LogP contribution in [0.3, 0.4) is 0 Å². The summed E-state index contributed by atoms with van der Waals surface area (Å²) in [5, 5.41) is 15.9. The van der Waals surface area contributed by atoms with Gasteiger partial charge >= 0.3 is 0 Å². The molecule has 2 fully saturated rings. The zero-order valence-corrected chi connectivity index (χ0v) is 12.5. The quantitative estimate of drug-likeness (QED) is 0.877. The van der Waals surface area contributed by atoms with Crippen LogP contribution in [0.4, 0.5) is 0 Å². The number of rotatable bonds is 5. The van der Waals surface area contributed by atoms with Crippen LogP contribution in [0.2, 0.25) is 0 Å². The minimum atomic E-state index is 0.665. The van der Waals surface area contributed by atoms with Gasteiger partial charge in [-0.25, -0.2) is 4.68 Å². The van der Waals surface area contributed by atoms with Crippen molar-refractivity contribution in [3.8, 4) is 0 Å². The molecule has 2 aliphatic heterocycles. The average molecular weight is 278 g/mol. The molecular formula is C14H26N6. The molecule has 6 nitrogen and oxygen atoms in total. The van der Waals surface area contributed by atoms with Crippen molar-refractivity contribution in [2.24, 2.45) is 0 Å². The summed E-state index contributed by atoms with van der Waals surface area (Å²) in [5.74, 6) is 1.02. The fourth-order valence-electron chi connectivity index (χ4n) is 3.61. The molecular weight excluding hydrogens is 252 g/mol. The van der Waals surface area contributed by atoms with E-state index in [1.807, 2.05) is 4.68 Å². The molecule has 0 radical (unpaired) electrons. The van der Waals surface area contributed by atoms with E-state index in [1.54, 1.807) is 0 Å². The normalized spacial score (nSPS) is 28.1. The molecule has 1 aromatic rings. The Kier molecular flexibility index (Phi) is 4.62. The molecule has 0 aliphatic carbocycles. The average Bonchev–Trinajstić information content (AvgIpc) is 3.12. The summed E-state index contributed by atoms with van der Waals surface area (Å²) in [6, 6.07) is 1.34. The summed E-state index contributed by atoms with van der Waals surface area (Å²) in [5.41, 5.74) is 0. The van der Waals surface area contributed by atoms with Gasteiger partial charge in [-0.15, -0.1) is 5.10 Å². The molecule has 0 amide bonds. The molecule has 0 spiro atoms. The Morgan fingerprint density at radius 3 is 3.00 bits per heavy atom. The highest BCUT2D eigenvalue weighted by molar-refractivity contribution is 4.93. The second-order valence-electron chi connectivity index (χ2n) is 6.05.